The zero-order valence-electron chi connectivity index (χ0n) is 16.7. The van der Waals surface area contributed by atoms with Gasteiger partial charge in [-0.2, -0.15) is 0 Å². The molecule has 1 aliphatic rings. The molecule has 6 nitrogen and oxygen atoms in total. The van der Waals surface area contributed by atoms with Crippen molar-refractivity contribution in [3.63, 3.8) is 0 Å². The quantitative estimate of drug-likeness (QED) is 0.575. The number of amides is 1. The van der Waals surface area contributed by atoms with E-state index in [1.165, 1.54) is 0 Å². The number of carbonyl (C=O) groups excluding carboxylic acids is 1. The second-order valence-corrected chi connectivity index (χ2v) is 7.73. The molecule has 0 spiro atoms. The number of fused-ring (bicyclic) bond motifs is 2. The van der Waals surface area contributed by atoms with Crippen molar-refractivity contribution in [2.75, 3.05) is 20.2 Å². The topological polar surface area (TPSA) is 63.1 Å². The van der Waals surface area contributed by atoms with Crippen molar-refractivity contribution in [3.05, 3.63) is 60.0 Å². The average molecular weight is 388 g/mol. The van der Waals surface area contributed by atoms with Crippen molar-refractivity contribution in [1.29, 1.82) is 0 Å². The Bertz CT molecular complexity index is 1170. The van der Waals surface area contributed by atoms with E-state index in [9.17, 15) is 4.79 Å². The maximum absolute atomic E-state index is 13.4. The number of rotatable bonds is 3. The van der Waals surface area contributed by atoms with Gasteiger partial charge in [-0.15, -0.1) is 0 Å². The predicted molar refractivity (Wildman–Crippen MR) is 113 cm³/mol. The smallest absolute Gasteiger partial charge is 0.270 e. The van der Waals surface area contributed by atoms with Crippen LogP contribution in [0.5, 0.6) is 5.75 Å². The highest BCUT2D eigenvalue weighted by atomic mass is 16.5. The zero-order chi connectivity index (χ0) is 20.0. The van der Waals surface area contributed by atoms with Gasteiger partial charge in [-0.1, -0.05) is 6.07 Å². The van der Waals surface area contributed by atoms with Crippen LogP contribution in [0.25, 0.3) is 21.9 Å². The summed E-state index contributed by atoms with van der Waals surface area (Å²) in [7, 11) is 3.60. The molecule has 148 valence electrons. The van der Waals surface area contributed by atoms with Crippen LogP contribution in [0.15, 0.2) is 48.7 Å². The van der Waals surface area contributed by atoms with Crippen LogP contribution in [-0.4, -0.2) is 45.5 Å². The van der Waals surface area contributed by atoms with E-state index in [0.29, 0.717) is 18.2 Å². The van der Waals surface area contributed by atoms with E-state index in [4.69, 9.17) is 4.74 Å². The number of nitrogens with zero attached hydrogens (tertiary/aromatic N) is 3. The van der Waals surface area contributed by atoms with Crippen LogP contribution in [0.4, 0.5) is 0 Å². The van der Waals surface area contributed by atoms with E-state index in [2.05, 4.69) is 16.0 Å². The Morgan fingerprint density at radius 2 is 2.14 bits per heavy atom. The zero-order valence-corrected chi connectivity index (χ0v) is 16.7. The number of benzene rings is 1. The number of hydrogen-bond acceptors (Lipinski definition) is 3. The number of hydrogen-bond donors (Lipinski definition) is 1. The fourth-order valence-electron chi connectivity index (χ4n) is 4.49. The molecule has 3 aromatic heterocycles. The molecule has 1 aromatic carbocycles. The van der Waals surface area contributed by atoms with Gasteiger partial charge in [0.15, 0.2) is 0 Å². The van der Waals surface area contributed by atoms with Gasteiger partial charge in [0.1, 0.15) is 11.4 Å². The third-order valence-electron chi connectivity index (χ3n) is 6.04. The summed E-state index contributed by atoms with van der Waals surface area (Å²) < 4.78 is 7.45. The molecular weight excluding hydrogens is 364 g/mol. The molecule has 1 fully saturated rings. The molecule has 5 rings (SSSR count). The van der Waals surface area contributed by atoms with Gasteiger partial charge in [-0.05, 0) is 49.2 Å². The van der Waals surface area contributed by atoms with E-state index in [0.717, 1.165) is 52.8 Å². The van der Waals surface area contributed by atoms with Gasteiger partial charge in [0.25, 0.3) is 5.91 Å². The summed E-state index contributed by atoms with van der Waals surface area (Å²) in [5, 5.41) is 0.969. The van der Waals surface area contributed by atoms with Gasteiger partial charge < -0.3 is 19.2 Å². The minimum absolute atomic E-state index is 0.0738. The van der Waals surface area contributed by atoms with E-state index in [-0.39, 0.29) is 5.91 Å². The van der Waals surface area contributed by atoms with Gasteiger partial charge in [0, 0.05) is 43.3 Å². The van der Waals surface area contributed by atoms with Crippen LogP contribution in [0, 0.1) is 0 Å². The molecule has 0 saturated carbocycles. The number of piperidine rings is 1. The van der Waals surface area contributed by atoms with Crippen molar-refractivity contribution < 1.29 is 9.53 Å². The number of carbonyl (C=O) groups is 1. The lowest BCUT2D eigenvalue weighted by Crippen LogP contribution is -2.39. The molecule has 4 aromatic rings. The number of likely N-dealkylation sites (tertiary alicyclic amines) is 1. The first kappa shape index (κ1) is 17.8. The molecule has 0 bridgehead atoms. The average Bonchev–Trinajstić information content (AvgIpc) is 3.35. The fraction of sp³-hybridized carbons (Fsp3) is 0.304. The predicted octanol–water partition coefficient (Wildman–Crippen LogP) is 4.08. The number of ether oxygens (including phenoxy) is 1. The monoisotopic (exact) mass is 388 g/mol. The highest BCUT2D eigenvalue weighted by molar-refractivity contribution is 6.00. The van der Waals surface area contributed by atoms with Gasteiger partial charge in [-0.3, -0.25) is 9.78 Å². The number of methoxy groups -OCH3 is 1. The van der Waals surface area contributed by atoms with E-state index in [1.807, 2.05) is 59.1 Å². The van der Waals surface area contributed by atoms with Crippen LogP contribution < -0.4 is 4.74 Å². The minimum atomic E-state index is 0.0738. The lowest BCUT2D eigenvalue weighted by Gasteiger charge is -2.32. The van der Waals surface area contributed by atoms with Crippen LogP contribution in [-0.2, 0) is 7.05 Å². The van der Waals surface area contributed by atoms with Gasteiger partial charge >= 0.3 is 0 Å². The fourth-order valence-corrected chi connectivity index (χ4v) is 4.49. The third kappa shape index (κ3) is 2.95. The largest absolute Gasteiger partial charge is 0.496 e. The molecule has 1 N–H and O–H groups in total. The van der Waals surface area contributed by atoms with Crippen LogP contribution in [0.1, 0.15) is 34.9 Å². The van der Waals surface area contributed by atoms with E-state index in [1.54, 1.807) is 7.11 Å². The van der Waals surface area contributed by atoms with Gasteiger partial charge in [0.2, 0.25) is 0 Å². The summed E-state index contributed by atoms with van der Waals surface area (Å²) in [5.41, 5.74) is 4.89. The van der Waals surface area contributed by atoms with Gasteiger partial charge in [-0.25, -0.2) is 0 Å². The first-order valence-electron chi connectivity index (χ1n) is 10.0. The Labute approximate surface area is 169 Å². The van der Waals surface area contributed by atoms with Gasteiger partial charge in [0.05, 0.1) is 23.7 Å². The molecule has 6 heteroatoms. The summed E-state index contributed by atoms with van der Waals surface area (Å²) in [5.74, 6) is 1.16. The Balaban J connectivity index is 1.44. The SMILES string of the molecule is COc1cccc2c1cc(C(=O)N1CCC[C@H](c3cc4ncccc4[nH]3)C1)n2C. The summed E-state index contributed by atoms with van der Waals surface area (Å²) in [4.78, 5) is 23.3. The van der Waals surface area contributed by atoms with Crippen molar-refractivity contribution >= 4 is 27.8 Å². The molecule has 29 heavy (non-hydrogen) atoms. The van der Waals surface area contributed by atoms with E-state index >= 15 is 0 Å². The normalized spacial score (nSPS) is 17.2. The molecule has 1 atom stereocenters. The summed E-state index contributed by atoms with van der Waals surface area (Å²) >= 11 is 0. The second-order valence-electron chi connectivity index (χ2n) is 7.73. The molecule has 0 aliphatic carbocycles. The van der Waals surface area contributed by atoms with Crippen LogP contribution in [0.3, 0.4) is 0 Å². The van der Waals surface area contributed by atoms with Crippen molar-refractivity contribution in [2.45, 2.75) is 18.8 Å². The number of aromatic amines is 1. The lowest BCUT2D eigenvalue weighted by atomic mass is 9.94. The number of aryl methyl sites for hydroxylation is 1. The molecule has 1 aliphatic heterocycles. The Kier molecular flexibility index (Phi) is 4.27. The van der Waals surface area contributed by atoms with E-state index < -0.39 is 0 Å². The van der Waals surface area contributed by atoms with Crippen molar-refractivity contribution in [2.24, 2.45) is 7.05 Å². The number of aromatic nitrogens is 3. The summed E-state index contributed by atoms with van der Waals surface area (Å²) in [6, 6.07) is 14.0. The molecule has 0 radical (unpaired) electrons. The van der Waals surface area contributed by atoms with Crippen molar-refractivity contribution in [3.8, 4) is 5.75 Å². The molecule has 0 unspecified atom stereocenters. The highest BCUT2D eigenvalue weighted by Crippen LogP contribution is 2.31. The summed E-state index contributed by atoms with van der Waals surface area (Å²) in [6.07, 6.45) is 3.87. The Hall–Kier alpha value is -3.28. The Morgan fingerprint density at radius 3 is 2.97 bits per heavy atom. The lowest BCUT2D eigenvalue weighted by molar-refractivity contribution is 0.0697. The molecule has 1 saturated heterocycles. The maximum atomic E-state index is 13.4. The van der Waals surface area contributed by atoms with Crippen LogP contribution in [0.2, 0.25) is 0 Å². The Morgan fingerprint density at radius 1 is 1.24 bits per heavy atom. The summed E-state index contributed by atoms with van der Waals surface area (Å²) in [6.45, 7) is 1.50. The molecular formula is C23H24N4O2. The second kappa shape index (κ2) is 6.95. The first-order valence-corrected chi connectivity index (χ1v) is 10.0. The number of pyridine rings is 1. The standard InChI is InChI=1S/C23H24N4O2/c1-26-20-8-3-9-22(29-2)16(20)12-21(26)23(28)27-11-5-6-15(14-27)18-13-19-17(25-18)7-4-10-24-19/h3-4,7-10,12-13,15,25H,5-6,11,14H2,1-2H3/t15-/m0/s1. The molecule has 1 amide bonds. The number of H-pyrrole nitrogens is 1. The van der Waals surface area contributed by atoms with Crippen molar-refractivity contribution in [1.82, 2.24) is 19.4 Å². The maximum Gasteiger partial charge on any atom is 0.270 e. The highest BCUT2D eigenvalue weighted by Gasteiger charge is 2.28. The molecule has 4 heterocycles. The first-order chi connectivity index (χ1) is 14.2. The number of nitrogens with one attached hydrogen (secondary N) is 1. The third-order valence-corrected chi connectivity index (χ3v) is 6.04. The minimum Gasteiger partial charge on any atom is -0.496 e. The van der Waals surface area contributed by atoms with Crippen LogP contribution >= 0.6 is 0 Å².